The van der Waals surface area contributed by atoms with Gasteiger partial charge in [0.2, 0.25) is 15.9 Å². The predicted octanol–water partition coefficient (Wildman–Crippen LogP) is 0.822. The summed E-state index contributed by atoms with van der Waals surface area (Å²) in [5, 5.41) is 3.12. The van der Waals surface area contributed by atoms with Gasteiger partial charge in [0.15, 0.2) is 0 Å². The highest BCUT2D eigenvalue weighted by Crippen LogP contribution is 2.17. The van der Waals surface area contributed by atoms with Gasteiger partial charge in [-0.2, -0.15) is 0 Å². The average Bonchev–Trinajstić information content (AvgIpc) is 3.04. The quantitative estimate of drug-likeness (QED) is 0.673. The monoisotopic (exact) mass is 369 g/mol. The first kappa shape index (κ1) is 19.7. The van der Waals surface area contributed by atoms with Crippen molar-refractivity contribution in [3.63, 3.8) is 0 Å². The molecule has 0 aromatic heterocycles. The Morgan fingerprint density at radius 1 is 1.32 bits per heavy atom. The number of carbonyl (C=O) groups excluding carboxylic acids is 1. The van der Waals surface area contributed by atoms with Crippen LogP contribution < -0.4 is 14.8 Å². The molecule has 7 nitrogen and oxygen atoms in total. The minimum Gasteiger partial charge on any atom is -0.494 e. The van der Waals surface area contributed by atoms with Gasteiger partial charge in [-0.05, 0) is 57.1 Å². The molecule has 2 rings (SSSR count). The summed E-state index contributed by atoms with van der Waals surface area (Å²) < 4.78 is 32.3. The number of likely N-dealkylation sites (tertiary alicyclic amines) is 1. The molecule has 1 fully saturated rings. The minimum absolute atomic E-state index is 0.00648. The van der Waals surface area contributed by atoms with E-state index in [1.165, 1.54) is 12.1 Å². The molecule has 0 spiro atoms. The number of benzene rings is 1. The van der Waals surface area contributed by atoms with Crippen LogP contribution in [0.5, 0.6) is 5.75 Å². The Hall–Kier alpha value is -1.64. The van der Waals surface area contributed by atoms with Crippen LogP contribution in [0.15, 0.2) is 29.2 Å². The molecule has 1 aromatic rings. The maximum atomic E-state index is 12.3. The van der Waals surface area contributed by atoms with E-state index in [1.807, 2.05) is 18.9 Å². The summed E-state index contributed by atoms with van der Waals surface area (Å²) in [6.07, 6.45) is 1.16. The molecule has 1 saturated heterocycles. The van der Waals surface area contributed by atoms with Crippen LogP contribution in [0.3, 0.4) is 0 Å². The van der Waals surface area contributed by atoms with Crippen molar-refractivity contribution in [3.8, 4) is 5.75 Å². The van der Waals surface area contributed by atoms with Crippen LogP contribution in [0.4, 0.5) is 0 Å². The van der Waals surface area contributed by atoms with Crippen LogP contribution in [0.1, 0.15) is 19.8 Å². The lowest BCUT2D eigenvalue weighted by atomic mass is 10.1. The van der Waals surface area contributed by atoms with Crippen LogP contribution in [0.2, 0.25) is 0 Å². The lowest BCUT2D eigenvalue weighted by molar-refractivity contribution is -0.130. The molecule has 2 N–H and O–H groups in total. The van der Waals surface area contributed by atoms with Gasteiger partial charge in [0, 0.05) is 26.1 Å². The van der Waals surface area contributed by atoms with E-state index in [0.29, 0.717) is 18.3 Å². The maximum Gasteiger partial charge on any atom is 0.240 e. The summed E-state index contributed by atoms with van der Waals surface area (Å²) in [7, 11) is -1.71. The smallest absolute Gasteiger partial charge is 0.240 e. The summed E-state index contributed by atoms with van der Waals surface area (Å²) in [6.45, 7) is 4.88. The number of nitrogens with zero attached hydrogens (tertiary/aromatic N) is 1. The summed E-state index contributed by atoms with van der Waals surface area (Å²) in [4.78, 5) is 14.2. The molecule has 0 radical (unpaired) electrons. The molecule has 0 aliphatic carbocycles. The second-order valence-corrected chi connectivity index (χ2v) is 7.87. The van der Waals surface area contributed by atoms with Crippen LogP contribution in [-0.2, 0) is 14.8 Å². The second kappa shape index (κ2) is 9.17. The standard InChI is InChI=1S/C17H27N3O4S/c1-3-24-15-4-6-16(7-5-15)25(22,23)19-10-8-17(21)20-11-9-14(13-20)12-18-2/h4-7,14,18-19H,3,8-13H2,1-2H3. The Balaban J connectivity index is 1.81. The topological polar surface area (TPSA) is 87.7 Å². The Kier molecular flexibility index (Phi) is 7.22. The van der Waals surface area contributed by atoms with Crippen molar-refractivity contribution >= 4 is 15.9 Å². The van der Waals surface area contributed by atoms with Crippen molar-refractivity contribution in [1.82, 2.24) is 14.9 Å². The minimum atomic E-state index is -3.62. The largest absolute Gasteiger partial charge is 0.494 e. The lowest BCUT2D eigenvalue weighted by Gasteiger charge is -2.16. The van der Waals surface area contributed by atoms with E-state index < -0.39 is 10.0 Å². The van der Waals surface area contributed by atoms with E-state index in [1.54, 1.807) is 12.1 Å². The molecule has 1 aliphatic heterocycles. The third-order valence-corrected chi connectivity index (χ3v) is 5.68. The summed E-state index contributed by atoms with van der Waals surface area (Å²) >= 11 is 0. The predicted molar refractivity (Wildman–Crippen MR) is 96.0 cm³/mol. The Bertz CT molecular complexity index is 661. The van der Waals surface area contributed by atoms with Gasteiger partial charge in [0.25, 0.3) is 0 Å². The number of amides is 1. The number of ether oxygens (including phenoxy) is 1. The van der Waals surface area contributed by atoms with Gasteiger partial charge < -0.3 is 15.0 Å². The van der Waals surface area contributed by atoms with Gasteiger partial charge in [-0.3, -0.25) is 4.79 Å². The molecule has 25 heavy (non-hydrogen) atoms. The third-order valence-electron chi connectivity index (χ3n) is 4.21. The number of sulfonamides is 1. The van der Waals surface area contributed by atoms with Crippen LogP contribution in [0, 0.1) is 5.92 Å². The fourth-order valence-electron chi connectivity index (χ4n) is 2.93. The van der Waals surface area contributed by atoms with E-state index in [0.717, 1.165) is 26.1 Å². The molecular weight excluding hydrogens is 342 g/mol. The number of hydrogen-bond acceptors (Lipinski definition) is 5. The summed E-state index contributed by atoms with van der Waals surface area (Å²) in [6, 6.07) is 6.24. The molecule has 0 bridgehead atoms. The van der Waals surface area contributed by atoms with Crippen molar-refractivity contribution in [1.29, 1.82) is 0 Å². The van der Waals surface area contributed by atoms with Crippen LogP contribution in [-0.4, -0.2) is 59.1 Å². The third kappa shape index (κ3) is 5.69. The molecule has 8 heteroatoms. The first-order valence-electron chi connectivity index (χ1n) is 8.61. The first-order chi connectivity index (χ1) is 12.0. The van der Waals surface area contributed by atoms with E-state index in [-0.39, 0.29) is 23.8 Å². The molecule has 140 valence electrons. The molecule has 1 atom stereocenters. The fourth-order valence-corrected chi connectivity index (χ4v) is 3.96. The molecular formula is C17H27N3O4S. The number of carbonyl (C=O) groups is 1. The fraction of sp³-hybridized carbons (Fsp3) is 0.588. The molecule has 0 saturated carbocycles. The van der Waals surface area contributed by atoms with Gasteiger partial charge in [0.1, 0.15) is 5.75 Å². The van der Waals surface area contributed by atoms with Gasteiger partial charge in [-0.1, -0.05) is 0 Å². The van der Waals surface area contributed by atoms with Gasteiger partial charge in [0.05, 0.1) is 11.5 Å². The normalized spacial score (nSPS) is 17.7. The lowest BCUT2D eigenvalue weighted by Crippen LogP contribution is -2.34. The van der Waals surface area contributed by atoms with Crippen molar-refractivity contribution in [2.24, 2.45) is 5.92 Å². The second-order valence-electron chi connectivity index (χ2n) is 6.10. The molecule has 1 amide bonds. The Morgan fingerprint density at radius 2 is 2.04 bits per heavy atom. The summed E-state index contributed by atoms with van der Waals surface area (Å²) in [5.41, 5.74) is 0. The molecule has 1 unspecified atom stereocenters. The van der Waals surface area contributed by atoms with Gasteiger partial charge in [-0.25, -0.2) is 13.1 Å². The highest BCUT2D eigenvalue weighted by molar-refractivity contribution is 7.89. The highest BCUT2D eigenvalue weighted by Gasteiger charge is 2.25. The van der Waals surface area contributed by atoms with Crippen molar-refractivity contribution in [3.05, 3.63) is 24.3 Å². The molecule has 1 aromatic carbocycles. The Labute approximate surface area is 149 Å². The Morgan fingerprint density at radius 3 is 2.68 bits per heavy atom. The van der Waals surface area contributed by atoms with E-state index in [9.17, 15) is 13.2 Å². The number of rotatable bonds is 9. The van der Waals surface area contributed by atoms with Gasteiger partial charge in [-0.15, -0.1) is 0 Å². The van der Waals surface area contributed by atoms with E-state index >= 15 is 0 Å². The SMILES string of the molecule is CCOc1ccc(S(=O)(=O)NCCC(=O)N2CCC(CNC)C2)cc1. The van der Waals surface area contributed by atoms with Crippen molar-refractivity contribution < 1.29 is 17.9 Å². The average molecular weight is 369 g/mol. The van der Waals surface area contributed by atoms with Crippen molar-refractivity contribution in [2.45, 2.75) is 24.7 Å². The number of nitrogens with one attached hydrogen (secondary N) is 2. The summed E-state index contributed by atoms with van der Waals surface area (Å²) in [5.74, 6) is 1.10. The van der Waals surface area contributed by atoms with Crippen molar-refractivity contribution in [2.75, 3.05) is 39.8 Å². The van der Waals surface area contributed by atoms with Gasteiger partial charge >= 0.3 is 0 Å². The zero-order valence-corrected chi connectivity index (χ0v) is 15.6. The molecule has 1 heterocycles. The van der Waals surface area contributed by atoms with Crippen LogP contribution >= 0.6 is 0 Å². The maximum absolute atomic E-state index is 12.3. The van der Waals surface area contributed by atoms with E-state index in [4.69, 9.17) is 4.74 Å². The molecule has 1 aliphatic rings. The van der Waals surface area contributed by atoms with Crippen LogP contribution in [0.25, 0.3) is 0 Å². The zero-order chi connectivity index (χ0) is 18.3. The number of hydrogen-bond donors (Lipinski definition) is 2. The van der Waals surface area contributed by atoms with E-state index in [2.05, 4.69) is 10.0 Å². The first-order valence-corrected chi connectivity index (χ1v) is 10.1. The zero-order valence-electron chi connectivity index (χ0n) is 14.8. The highest BCUT2D eigenvalue weighted by atomic mass is 32.2.